The number of carbonyl (C=O) groups excluding carboxylic acids is 3. The minimum Gasteiger partial charge on any atom is -0.379 e. The third-order valence-electron chi connectivity index (χ3n) is 8.09. The van der Waals surface area contributed by atoms with Crippen molar-refractivity contribution in [2.45, 2.75) is 50.1 Å². The van der Waals surface area contributed by atoms with Crippen LogP contribution >= 0.6 is 11.3 Å². The number of ether oxygens (including phenoxy) is 1. The fraction of sp³-hybridized carbons (Fsp3) is 0.424. The van der Waals surface area contributed by atoms with Crippen LogP contribution in [-0.2, 0) is 20.7 Å². The Bertz CT molecular complexity index is 1320. The van der Waals surface area contributed by atoms with Gasteiger partial charge in [0.25, 0.3) is 5.91 Å². The monoisotopic (exact) mass is 588 g/mol. The van der Waals surface area contributed by atoms with Crippen molar-refractivity contribution in [1.82, 2.24) is 20.9 Å². The van der Waals surface area contributed by atoms with Crippen LogP contribution in [0, 0.1) is 0 Å². The molecule has 2 aromatic carbocycles. The van der Waals surface area contributed by atoms with E-state index in [1.165, 1.54) is 11.3 Å². The number of hydrogen-bond donors (Lipinski definition) is 3. The number of thiophene rings is 1. The van der Waals surface area contributed by atoms with Gasteiger partial charge in [-0.1, -0.05) is 73.5 Å². The predicted molar refractivity (Wildman–Crippen MR) is 165 cm³/mol. The summed E-state index contributed by atoms with van der Waals surface area (Å²) in [5.41, 5.74) is 0.969. The Kier molecular flexibility index (Phi) is 10.4. The van der Waals surface area contributed by atoms with E-state index < -0.39 is 11.6 Å². The van der Waals surface area contributed by atoms with Gasteiger partial charge in [0.2, 0.25) is 11.8 Å². The molecule has 42 heavy (non-hydrogen) atoms. The molecular weight excluding hydrogens is 548 g/mol. The molecule has 1 unspecified atom stereocenters. The first-order chi connectivity index (χ1) is 20.5. The highest BCUT2D eigenvalue weighted by molar-refractivity contribution is 7.17. The van der Waals surface area contributed by atoms with E-state index in [9.17, 15) is 14.4 Å². The molecule has 1 aliphatic carbocycles. The molecule has 3 amide bonds. The molecule has 0 bridgehead atoms. The van der Waals surface area contributed by atoms with E-state index in [1.807, 2.05) is 72.8 Å². The number of benzene rings is 2. The van der Waals surface area contributed by atoms with Crippen molar-refractivity contribution >= 4 is 29.1 Å². The number of amides is 3. The van der Waals surface area contributed by atoms with Gasteiger partial charge in [-0.15, -0.1) is 11.3 Å². The summed E-state index contributed by atoms with van der Waals surface area (Å²) >= 11 is 1.41. The maximum atomic E-state index is 13.9. The molecule has 3 aromatic rings. The summed E-state index contributed by atoms with van der Waals surface area (Å²) in [5.74, 6) is -0.761. The highest BCUT2D eigenvalue weighted by atomic mass is 32.1. The van der Waals surface area contributed by atoms with Crippen LogP contribution in [0.15, 0.2) is 72.8 Å². The highest BCUT2D eigenvalue weighted by Gasteiger charge is 2.44. The third-order valence-corrected chi connectivity index (χ3v) is 9.22. The molecule has 0 spiro atoms. The van der Waals surface area contributed by atoms with Gasteiger partial charge in [0.05, 0.1) is 18.1 Å². The number of hydrogen-bond acceptors (Lipinski definition) is 6. The van der Waals surface area contributed by atoms with Crippen molar-refractivity contribution < 1.29 is 19.1 Å². The van der Waals surface area contributed by atoms with Crippen LogP contribution in [-0.4, -0.2) is 73.6 Å². The Morgan fingerprint density at radius 1 is 0.905 bits per heavy atom. The molecule has 2 heterocycles. The fourth-order valence-electron chi connectivity index (χ4n) is 5.70. The molecule has 2 aliphatic rings. The van der Waals surface area contributed by atoms with E-state index in [-0.39, 0.29) is 17.7 Å². The van der Waals surface area contributed by atoms with Crippen LogP contribution in [0.2, 0.25) is 0 Å². The van der Waals surface area contributed by atoms with Crippen molar-refractivity contribution in [3.63, 3.8) is 0 Å². The number of rotatable bonds is 12. The van der Waals surface area contributed by atoms with Crippen LogP contribution in [0.3, 0.4) is 0 Å². The first kappa shape index (κ1) is 29.9. The van der Waals surface area contributed by atoms with Crippen LogP contribution < -0.4 is 16.0 Å². The Morgan fingerprint density at radius 2 is 1.60 bits per heavy atom. The van der Waals surface area contributed by atoms with Crippen molar-refractivity contribution in [2.24, 2.45) is 0 Å². The average molecular weight is 589 g/mol. The van der Waals surface area contributed by atoms with Crippen LogP contribution in [0.25, 0.3) is 10.4 Å². The smallest absolute Gasteiger partial charge is 0.262 e. The lowest BCUT2D eigenvalue weighted by molar-refractivity contribution is -0.132. The number of nitrogens with one attached hydrogen (secondary N) is 3. The summed E-state index contributed by atoms with van der Waals surface area (Å²) < 4.78 is 5.41. The summed E-state index contributed by atoms with van der Waals surface area (Å²) in [6.07, 6.45) is 3.96. The predicted octanol–water partition coefficient (Wildman–Crippen LogP) is 4.02. The number of nitrogens with zero attached hydrogens (tertiary/aromatic N) is 1. The molecule has 1 saturated heterocycles. The molecule has 1 atom stereocenters. The summed E-state index contributed by atoms with van der Waals surface area (Å²) in [6, 6.07) is 22.6. The molecule has 2 fully saturated rings. The van der Waals surface area contributed by atoms with E-state index in [0.717, 1.165) is 68.1 Å². The average Bonchev–Trinajstić information content (AvgIpc) is 3.72. The summed E-state index contributed by atoms with van der Waals surface area (Å²) in [4.78, 5) is 44.6. The second-order valence-corrected chi connectivity index (χ2v) is 12.2. The van der Waals surface area contributed by atoms with E-state index >= 15 is 0 Å². The van der Waals surface area contributed by atoms with Crippen molar-refractivity contribution in [2.75, 3.05) is 39.4 Å². The molecule has 8 nitrogen and oxygen atoms in total. The molecule has 1 saturated carbocycles. The largest absolute Gasteiger partial charge is 0.379 e. The molecule has 222 valence electrons. The zero-order chi connectivity index (χ0) is 29.2. The second-order valence-electron chi connectivity index (χ2n) is 11.1. The van der Waals surface area contributed by atoms with E-state index in [1.54, 1.807) is 0 Å². The minimum absolute atomic E-state index is 0.209. The minimum atomic E-state index is -1.04. The van der Waals surface area contributed by atoms with Gasteiger partial charge in [0, 0.05) is 30.9 Å². The number of morpholine rings is 1. The lowest BCUT2D eigenvalue weighted by atomic mass is 9.94. The van der Waals surface area contributed by atoms with Gasteiger partial charge >= 0.3 is 0 Å². The van der Waals surface area contributed by atoms with Gasteiger partial charge < -0.3 is 20.7 Å². The van der Waals surface area contributed by atoms with Gasteiger partial charge in [-0.3, -0.25) is 19.3 Å². The normalized spacial score (nSPS) is 17.3. The van der Waals surface area contributed by atoms with Crippen LogP contribution in [0.4, 0.5) is 0 Å². The molecular formula is C33H40N4O4S. The SMILES string of the molecule is O=C(NC1(C(=O)NC(Cc2ccccc2)C(=O)NCCCN2CCOCC2)CCCC1)c1ccc(-c2ccccc2)s1. The zero-order valence-electron chi connectivity index (χ0n) is 24.0. The maximum absolute atomic E-state index is 13.9. The third kappa shape index (κ3) is 7.85. The van der Waals surface area contributed by atoms with Crippen LogP contribution in [0.5, 0.6) is 0 Å². The van der Waals surface area contributed by atoms with Crippen molar-refractivity contribution in [3.05, 3.63) is 83.2 Å². The highest BCUT2D eigenvalue weighted by Crippen LogP contribution is 2.32. The van der Waals surface area contributed by atoms with Gasteiger partial charge in [-0.2, -0.15) is 0 Å². The summed E-state index contributed by atoms with van der Waals surface area (Å²) in [6.45, 7) is 4.73. The lowest BCUT2D eigenvalue weighted by Gasteiger charge is -2.31. The van der Waals surface area contributed by atoms with Gasteiger partial charge in [0.15, 0.2) is 0 Å². The summed E-state index contributed by atoms with van der Waals surface area (Å²) in [5, 5.41) is 9.16. The Balaban J connectivity index is 1.24. The van der Waals surface area contributed by atoms with Crippen molar-refractivity contribution in [3.8, 4) is 10.4 Å². The fourth-order valence-corrected chi connectivity index (χ4v) is 6.61. The molecule has 0 radical (unpaired) electrons. The van der Waals surface area contributed by atoms with Crippen molar-refractivity contribution in [1.29, 1.82) is 0 Å². The maximum Gasteiger partial charge on any atom is 0.262 e. The van der Waals surface area contributed by atoms with E-state index in [4.69, 9.17) is 4.74 Å². The first-order valence-electron chi connectivity index (χ1n) is 14.9. The quantitative estimate of drug-likeness (QED) is 0.278. The molecule has 1 aliphatic heterocycles. The first-order valence-corrected chi connectivity index (χ1v) is 15.7. The number of carbonyl (C=O) groups is 3. The molecule has 3 N–H and O–H groups in total. The Morgan fingerprint density at radius 3 is 2.31 bits per heavy atom. The van der Waals surface area contributed by atoms with E-state index in [0.29, 0.717) is 30.7 Å². The zero-order valence-corrected chi connectivity index (χ0v) is 24.8. The second kappa shape index (κ2) is 14.6. The lowest BCUT2D eigenvalue weighted by Crippen LogP contribution is -2.61. The molecule has 1 aromatic heterocycles. The summed E-state index contributed by atoms with van der Waals surface area (Å²) in [7, 11) is 0. The Labute approximate surface area is 251 Å². The topological polar surface area (TPSA) is 99.8 Å². The molecule has 5 rings (SSSR count). The van der Waals surface area contributed by atoms with E-state index in [2.05, 4.69) is 20.9 Å². The van der Waals surface area contributed by atoms with Gasteiger partial charge in [0.1, 0.15) is 11.6 Å². The van der Waals surface area contributed by atoms with Gasteiger partial charge in [-0.05, 0) is 49.1 Å². The Hall–Kier alpha value is -3.53. The molecule has 9 heteroatoms. The van der Waals surface area contributed by atoms with Gasteiger partial charge in [-0.25, -0.2) is 0 Å². The standard InChI is InChI=1S/C33H40N4O4S/c38-30(34-18-9-19-37-20-22-41-23-21-37)27(24-25-10-3-1-4-11-25)35-32(40)33(16-7-8-17-33)36-31(39)29-15-14-28(42-29)26-12-5-2-6-13-26/h1-6,10-15,27H,7-9,16-24H2,(H,34,38)(H,35,40)(H,36,39). The van der Waals surface area contributed by atoms with Crippen LogP contribution in [0.1, 0.15) is 47.3 Å².